The second kappa shape index (κ2) is 7.76. The van der Waals surface area contributed by atoms with Gasteiger partial charge < -0.3 is 14.6 Å². The van der Waals surface area contributed by atoms with Gasteiger partial charge in [0.2, 0.25) is 5.91 Å². The SMILES string of the molecule is COc1ccccc1C(=O)N[S+]([O-])C1=CCC(C(=O)NC2CC2)C=C1. The van der Waals surface area contributed by atoms with Gasteiger partial charge >= 0.3 is 0 Å². The van der Waals surface area contributed by atoms with Crippen molar-refractivity contribution in [2.24, 2.45) is 5.92 Å². The molecule has 0 saturated heterocycles. The number of benzene rings is 1. The number of hydrogen-bond acceptors (Lipinski definition) is 4. The molecule has 2 atom stereocenters. The maximum atomic E-state index is 12.4. The molecule has 2 unspecified atom stereocenters. The molecule has 0 aromatic heterocycles. The molecule has 25 heavy (non-hydrogen) atoms. The number of allylic oxidation sites excluding steroid dienone is 2. The number of para-hydroxylation sites is 1. The third-order valence-corrected chi connectivity index (χ3v) is 5.18. The predicted octanol–water partition coefficient (Wildman–Crippen LogP) is 1.83. The van der Waals surface area contributed by atoms with Crippen LogP contribution in [0.15, 0.2) is 47.4 Å². The molecule has 0 radical (unpaired) electrons. The van der Waals surface area contributed by atoms with Gasteiger partial charge in [-0.15, -0.1) is 0 Å². The molecule has 0 heterocycles. The maximum Gasteiger partial charge on any atom is 0.296 e. The van der Waals surface area contributed by atoms with Crippen LogP contribution in [0.3, 0.4) is 0 Å². The van der Waals surface area contributed by atoms with Gasteiger partial charge in [0.25, 0.3) is 5.91 Å². The van der Waals surface area contributed by atoms with Crippen molar-refractivity contribution < 1.29 is 18.9 Å². The average Bonchev–Trinajstić information content (AvgIpc) is 3.45. The first kappa shape index (κ1) is 17.6. The Morgan fingerprint density at radius 1 is 1.28 bits per heavy atom. The molecule has 2 N–H and O–H groups in total. The molecule has 1 aromatic rings. The molecule has 0 bridgehead atoms. The molecule has 132 valence electrons. The Morgan fingerprint density at radius 2 is 2.04 bits per heavy atom. The van der Waals surface area contributed by atoms with Gasteiger partial charge in [0, 0.05) is 6.04 Å². The van der Waals surface area contributed by atoms with Gasteiger partial charge in [0.05, 0.1) is 18.6 Å². The summed E-state index contributed by atoms with van der Waals surface area (Å²) < 4.78 is 20.0. The van der Waals surface area contributed by atoms with Crippen LogP contribution in [0.4, 0.5) is 0 Å². The standard InChI is InChI=1S/C18H20N2O4S/c1-24-16-5-3-2-4-15(16)18(22)20-25(23)14-10-6-12(7-11-14)17(21)19-13-8-9-13/h2-6,10-13H,7-9H2,1H3,(H,19,21)(H,20,22). The minimum atomic E-state index is -1.69. The van der Waals surface area contributed by atoms with E-state index in [1.54, 1.807) is 42.5 Å². The zero-order valence-corrected chi connectivity index (χ0v) is 14.7. The number of ether oxygens (including phenoxy) is 1. The Balaban J connectivity index is 1.57. The summed E-state index contributed by atoms with van der Waals surface area (Å²) in [6.07, 6.45) is 7.67. The van der Waals surface area contributed by atoms with Crippen LogP contribution < -0.4 is 14.8 Å². The Hall–Kier alpha value is -2.25. The molecule has 2 aliphatic rings. The van der Waals surface area contributed by atoms with Gasteiger partial charge in [-0.25, -0.2) is 0 Å². The van der Waals surface area contributed by atoms with E-state index >= 15 is 0 Å². The molecule has 1 saturated carbocycles. The highest BCUT2D eigenvalue weighted by molar-refractivity contribution is 7.94. The van der Waals surface area contributed by atoms with E-state index in [9.17, 15) is 14.1 Å². The van der Waals surface area contributed by atoms with Crippen LogP contribution >= 0.6 is 0 Å². The van der Waals surface area contributed by atoms with Crippen LogP contribution in [-0.4, -0.2) is 29.5 Å². The monoisotopic (exact) mass is 360 g/mol. The van der Waals surface area contributed by atoms with Crippen molar-refractivity contribution in [3.8, 4) is 5.75 Å². The topological polar surface area (TPSA) is 90.5 Å². The molecule has 0 spiro atoms. The lowest BCUT2D eigenvalue weighted by atomic mass is 10.00. The zero-order valence-electron chi connectivity index (χ0n) is 13.9. The molecular weight excluding hydrogens is 340 g/mol. The highest BCUT2D eigenvalue weighted by Gasteiger charge is 2.28. The zero-order chi connectivity index (χ0) is 17.8. The first-order valence-electron chi connectivity index (χ1n) is 8.13. The van der Waals surface area contributed by atoms with Crippen molar-refractivity contribution in [1.82, 2.24) is 10.0 Å². The first-order valence-corrected chi connectivity index (χ1v) is 9.28. The molecule has 1 fully saturated rings. The van der Waals surface area contributed by atoms with Crippen molar-refractivity contribution in [3.63, 3.8) is 0 Å². The normalized spacial score (nSPS) is 20.4. The van der Waals surface area contributed by atoms with Gasteiger partial charge in [0.1, 0.15) is 17.1 Å². The van der Waals surface area contributed by atoms with Crippen LogP contribution in [0.1, 0.15) is 29.6 Å². The Labute approximate surface area is 149 Å². The molecule has 2 aliphatic carbocycles. The summed E-state index contributed by atoms with van der Waals surface area (Å²) in [7, 11) is 1.47. The van der Waals surface area contributed by atoms with E-state index in [-0.39, 0.29) is 11.8 Å². The number of carbonyl (C=O) groups is 2. The number of amides is 2. The Kier molecular flexibility index (Phi) is 5.45. The summed E-state index contributed by atoms with van der Waals surface area (Å²) in [6, 6.07) is 7.06. The smallest absolute Gasteiger partial charge is 0.296 e. The lowest BCUT2D eigenvalue weighted by Gasteiger charge is -2.17. The van der Waals surface area contributed by atoms with Crippen molar-refractivity contribution in [2.45, 2.75) is 25.3 Å². The molecule has 1 aromatic carbocycles. The number of rotatable bonds is 6. The molecular formula is C18H20N2O4S. The van der Waals surface area contributed by atoms with E-state index in [2.05, 4.69) is 10.0 Å². The van der Waals surface area contributed by atoms with E-state index in [0.29, 0.717) is 28.7 Å². The second-order valence-corrected chi connectivity index (χ2v) is 7.20. The average molecular weight is 360 g/mol. The Bertz CT molecular complexity index is 728. The van der Waals surface area contributed by atoms with E-state index in [4.69, 9.17) is 4.74 Å². The van der Waals surface area contributed by atoms with Gasteiger partial charge in [-0.05, 0) is 43.5 Å². The molecule has 7 heteroatoms. The van der Waals surface area contributed by atoms with E-state index in [1.165, 1.54) is 7.11 Å². The van der Waals surface area contributed by atoms with Crippen molar-refractivity contribution in [1.29, 1.82) is 0 Å². The fourth-order valence-corrected chi connectivity index (χ4v) is 3.34. The minimum absolute atomic E-state index is 0.00195. The van der Waals surface area contributed by atoms with Crippen LogP contribution in [0.25, 0.3) is 0 Å². The molecule has 3 rings (SSSR count). The number of hydrogen-bond donors (Lipinski definition) is 2. The van der Waals surface area contributed by atoms with E-state index in [0.717, 1.165) is 12.8 Å². The molecule has 0 aliphatic heterocycles. The number of nitrogens with one attached hydrogen (secondary N) is 2. The van der Waals surface area contributed by atoms with Gasteiger partial charge in [-0.3, -0.25) is 9.59 Å². The van der Waals surface area contributed by atoms with Gasteiger partial charge in [-0.1, -0.05) is 18.2 Å². The fourth-order valence-electron chi connectivity index (χ4n) is 2.50. The molecule has 6 nitrogen and oxygen atoms in total. The molecule has 2 amide bonds. The second-order valence-electron chi connectivity index (χ2n) is 5.99. The summed E-state index contributed by atoms with van der Waals surface area (Å²) in [6.45, 7) is 0. The fraction of sp³-hybridized carbons (Fsp3) is 0.333. The van der Waals surface area contributed by atoms with Crippen molar-refractivity contribution in [2.75, 3.05) is 7.11 Å². The summed E-state index contributed by atoms with van der Waals surface area (Å²) in [5.74, 6) is -0.301. The van der Waals surface area contributed by atoms with Gasteiger partial charge in [0.15, 0.2) is 4.91 Å². The predicted molar refractivity (Wildman–Crippen MR) is 95.1 cm³/mol. The summed E-state index contributed by atoms with van der Waals surface area (Å²) in [5.41, 5.74) is 0.320. The van der Waals surface area contributed by atoms with Crippen LogP contribution in [0.2, 0.25) is 0 Å². The van der Waals surface area contributed by atoms with E-state index < -0.39 is 17.3 Å². The third kappa shape index (κ3) is 4.43. The lowest BCUT2D eigenvalue weighted by Crippen LogP contribution is -2.34. The number of methoxy groups -OCH3 is 1. The van der Waals surface area contributed by atoms with Gasteiger partial charge in [-0.2, -0.15) is 4.72 Å². The quantitative estimate of drug-likeness (QED) is 0.757. The Morgan fingerprint density at radius 3 is 2.68 bits per heavy atom. The summed E-state index contributed by atoms with van der Waals surface area (Å²) in [4.78, 5) is 24.8. The van der Waals surface area contributed by atoms with E-state index in [1.807, 2.05) is 0 Å². The highest BCUT2D eigenvalue weighted by Crippen LogP contribution is 2.24. The first-order chi connectivity index (χ1) is 12.1. The third-order valence-electron chi connectivity index (χ3n) is 4.08. The lowest BCUT2D eigenvalue weighted by molar-refractivity contribution is -0.123. The number of carbonyl (C=O) groups excluding carboxylic acids is 2. The summed E-state index contributed by atoms with van der Waals surface area (Å²) >= 11 is -1.69. The van der Waals surface area contributed by atoms with Crippen LogP contribution in [0, 0.1) is 5.92 Å². The largest absolute Gasteiger partial charge is 0.588 e. The maximum absolute atomic E-state index is 12.4. The van der Waals surface area contributed by atoms with Crippen LogP contribution in [-0.2, 0) is 16.2 Å². The van der Waals surface area contributed by atoms with Crippen molar-refractivity contribution in [3.05, 3.63) is 53.0 Å². The highest BCUT2D eigenvalue weighted by atomic mass is 32.2. The van der Waals surface area contributed by atoms with Crippen LogP contribution in [0.5, 0.6) is 5.75 Å². The van der Waals surface area contributed by atoms with Crippen molar-refractivity contribution >= 4 is 23.2 Å². The minimum Gasteiger partial charge on any atom is -0.588 e. The summed E-state index contributed by atoms with van der Waals surface area (Å²) in [5, 5.41) is 2.96.